The quantitative estimate of drug-likeness (QED) is 0.630. The number of carbonyl (C=O) groups is 1. The highest BCUT2D eigenvalue weighted by atomic mass is 35.5. The first kappa shape index (κ1) is 24.4. The minimum Gasteiger partial charge on any atom is -0.348 e. The van der Waals surface area contributed by atoms with Gasteiger partial charge in [-0.3, -0.25) is 9.10 Å². The third-order valence-corrected chi connectivity index (χ3v) is 7.15. The number of anilines is 1. The second-order valence-corrected chi connectivity index (χ2v) is 10.3. The van der Waals surface area contributed by atoms with Crippen LogP contribution in [0.5, 0.6) is 0 Å². The second kappa shape index (κ2) is 8.94. The van der Waals surface area contributed by atoms with Crippen molar-refractivity contribution in [1.82, 2.24) is 5.32 Å². The summed E-state index contributed by atoms with van der Waals surface area (Å²) < 4.78 is 65.4. The van der Waals surface area contributed by atoms with Gasteiger partial charge in [0.2, 0.25) is 15.9 Å². The van der Waals surface area contributed by atoms with Crippen LogP contribution in [0.25, 0.3) is 0 Å². The number of halogens is 4. The zero-order chi connectivity index (χ0) is 23.8. The molecule has 2 atom stereocenters. The monoisotopic (exact) mass is 488 g/mol. The first-order valence-electron chi connectivity index (χ1n) is 10.1. The van der Waals surface area contributed by atoms with Crippen molar-refractivity contribution in [3.05, 3.63) is 63.7 Å². The Balaban J connectivity index is 1.86. The average molecular weight is 489 g/mol. The van der Waals surface area contributed by atoms with Gasteiger partial charge in [-0.1, -0.05) is 29.8 Å². The lowest BCUT2D eigenvalue weighted by Gasteiger charge is -2.30. The molecule has 2 unspecified atom stereocenters. The molecule has 0 fully saturated rings. The predicted molar refractivity (Wildman–Crippen MR) is 118 cm³/mol. The maximum atomic E-state index is 13.3. The fraction of sp³-hybridized carbons (Fsp3) is 0.409. The van der Waals surface area contributed by atoms with Crippen molar-refractivity contribution in [2.75, 3.05) is 10.6 Å². The summed E-state index contributed by atoms with van der Waals surface area (Å²) in [4.78, 5) is 12.9. The van der Waals surface area contributed by atoms with E-state index in [9.17, 15) is 26.4 Å². The van der Waals surface area contributed by atoms with E-state index in [1.807, 2.05) is 18.2 Å². The van der Waals surface area contributed by atoms with E-state index in [1.165, 1.54) is 18.1 Å². The standard InChI is InChI=1S/C22H24ClF3N2O3S/c1-13(16-8-7-15-5-4-6-17(15)11-16)27-21(29)14(2)28(32(3,30)31)18-9-10-20(23)19(12-18)22(24,25)26/h7-14H,4-6H2,1-3H3,(H,27,29). The van der Waals surface area contributed by atoms with Gasteiger partial charge in [-0.05, 0) is 68.0 Å². The lowest BCUT2D eigenvalue weighted by Crippen LogP contribution is -2.48. The number of hydrogen-bond donors (Lipinski definition) is 1. The molecule has 32 heavy (non-hydrogen) atoms. The van der Waals surface area contributed by atoms with Crippen molar-refractivity contribution in [1.29, 1.82) is 0 Å². The molecule has 0 aromatic heterocycles. The molecule has 3 rings (SSSR count). The summed E-state index contributed by atoms with van der Waals surface area (Å²) in [5.41, 5.74) is 1.92. The van der Waals surface area contributed by atoms with Gasteiger partial charge in [0.25, 0.3) is 0 Å². The SMILES string of the molecule is CC(NC(=O)C(C)N(c1ccc(Cl)c(C(F)(F)F)c1)S(C)(=O)=O)c1ccc2c(c1)CCC2. The third kappa shape index (κ3) is 5.20. The number of nitrogens with one attached hydrogen (secondary N) is 1. The molecule has 1 N–H and O–H groups in total. The van der Waals surface area contributed by atoms with Crippen molar-refractivity contribution in [2.24, 2.45) is 0 Å². The van der Waals surface area contributed by atoms with E-state index >= 15 is 0 Å². The van der Waals surface area contributed by atoms with Crippen LogP contribution in [0.1, 0.15) is 48.6 Å². The number of rotatable bonds is 6. The summed E-state index contributed by atoms with van der Waals surface area (Å²) >= 11 is 5.65. The van der Waals surface area contributed by atoms with Crippen LogP contribution in [0.3, 0.4) is 0 Å². The molecule has 1 aliphatic rings. The molecular weight excluding hydrogens is 465 g/mol. The lowest BCUT2D eigenvalue weighted by molar-refractivity contribution is -0.137. The highest BCUT2D eigenvalue weighted by Crippen LogP contribution is 2.38. The number of fused-ring (bicyclic) bond motifs is 1. The number of nitrogens with zero attached hydrogens (tertiary/aromatic N) is 1. The van der Waals surface area contributed by atoms with Crippen molar-refractivity contribution in [2.45, 2.75) is 51.4 Å². The molecular formula is C22H24ClF3N2O3S. The Morgan fingerprint density at radius 2 is 1.75 bits per heavy atom. The summed E-state index contributed by atoms with van der Waals surface area (Å²) in [6.07, 6.45) is -0.856. The van der Waals surface area contributed by atoms with Gasteiger partial charge < -0.3 is 5.32 Å². The fourth-order valence-corrected chi connectivity index (χ4v) is 5.35. The van der Waals surface area contributed by atoms with Crippen molar-refractivity contribution in [3.63, 3.8) is 0 Å². The van der Waals surface area contributed by atoms with E-state index < -0.39 is 44.8 Å². The first-order chi connectivity index (χ1) is 14.8. The highest BCUT2D eigenvalue weighted by molar-refractivity contribution is 7.92. The maximum Gasteiger partial charge on any atom is 0.417 e. The molecule has 5 nitrogen and oxygen atoms in total. The average Bonchev–Trinajstić information content (AvgIpc) is 3.15. The van der Waals surface area contributed by atoms with Gasteiger partial charge in [-0.2, -0.15) is 13.2 Å². The summed E-state index contributed by atoms with van der Waals surface area (Å²) in [7, 11) is -4.08. The molecule has 10 heteroatoms. The number of amides is 1. The number of benzene rings is 2. The topological polar surface area (TPSA) is 66.5 Å². The van der Waals surface area contributed by atoms with Gasteiger partial charge in [-0.25, -0.2) is 8.42 Å². The molecule has 0 heterocycles. The third-order valence-electron chi connectivity index (χ3n) is 5.58. The number of hydrogen-bond acceptors (Lipinski definition) is 3. The zero-order valence-corrected chi connectivity index (χ0v) is 19.4. The summed E-state index contributed by atoms with van der Waals surface area (Å²) in [5.74, 6) is -0.632. The molecule has 0 aliphatic heterocycles. The van der Waals surface area contributed by atoms with Crippen LogP contribution in [0.4, 0.5) is 18.9 Å². The molecule has 1 aliphatic carbocycles. The van der Waals surface area contributed by atoms with Crippen molar-refractivity contribution in [3.8, 4) is 0 Å². The molecule has 0 saturated heterocycles. The van der Waals surface area contributed by atoms with Gasteiger partial charge in [-0.15, -0.1) is 0 Å². The highest BCUT2D eigenvalue weighted by Gasteiger charge is 2.36. The normalized spacial score (nSPS) is 15.7. The van der Waals surface area contributed by atoms with E-state index in [0.29, 0.717) is 10.4 Å². The van der Waals surface area contributed by atoms with Crippen LogP contribution in [-0.2, 0) is 33.8 Å². The van der Waals surface area contributed by atoms with Crippen molar-refractivity contribution < 1.29 is 26.4 Å². The molecule has 2 aromatic rings. The van der Waals surface area contributed by atoms with Crippen LogP contribution in [0.2, 0.25) is 5.02 Å². The van der Waals surface area contributed by atoms with Gasteiger partial charge in [0.05, 0.1) is 28.6 Å². The van der Waals surface area contributed by atoms with Gasteiger partial charge >= 0.3 is 6.18 Å². The summed E-state index contributed by atoms with van der Waals surface area (Å²) in [6, 6.07) is 7.03. The van der Waals surface area contributed by atoms with E-state index in [2.05, 4.69) is 5.32 Å². The van der Waals surface area contributed by atoms with E-state index in [1.54, 1.807) is 6.92 Å². The largest absolute Gasteiger partial charge is 0.417 e. The maximum absolute atomic E-state index is 13.3. The first-order valence-corrected chi connectivity index (χ1v) is 12.3. The predicted octanol–water partition coefficient (Wildman–Crippen LogP) is 4.88. The van der Waals surface area contributed by atoms with Crippen LogP contribution in [-0.4, -0.2) is 26.6 Å². The summed E-state index contributed by atoms with van der Waals surface area (Å²) in [5, 5.41) is 2.21. The Labute approximate surface area is 190 Å². The molecule has 0 bridgehead atoms. The van der Waals surface area contributed by atoms with Crippen LogP contribution >= 0.6 is 11.6 Å². The van der Waals surface area contributed by atoms with Gasteiger partial charge in [0, 0.05) is 0 Å². The Kier molecular flexibility index (Phi) is 6.81. The van der Waals surface area contributed by atoms with Gasteiger partial charge in [0.15, 0.2) is 0 Å². The number of carbonyl (C=O) groups excluding carboxylic acids is 1. The second-order valence-electron chi connectivity index (χ2n) is 8.01. The molecule has 2 aromatic carbocycles. The van der Waals surface area contributed by atoms with Crippen LogP contribution < -0.4 is 9.62 Å². The lowest BCUT2D eigenvalue weighted by atomic mass is 10.0. The Morgan fingerprint density at radius 3 is 2.38 bits per heavy atom. The van der Waals surface area contributed by atoms with E-state index in [4.69, 9.17) is 11.6 Å². The fourth-order valence-electron chi connectivity index (χ4n) is 3.95. The van der Waals surface area contributed by atoms with E-state index in [0.717, 1.165) is 43.2 Å². The molecule has 1 amide bonds. The van der Waals surface area contributed by atoms with E-state index in [-0.39, 0.29) is 5.69 Å². The zero-order valence-electron chi connectivity index (χ0n) is 17.8. The van der Waals surface area contributed by atoms with Gasteiger partial charge in [0.1, 0.15) is 6.04 Å². The Morgan fingerprint density at radius 1 is 1.09 bits per heavy atom. The smallest absolute Gasteiger partial charge is 0.348 e. The number of alkyl halides is 3. The minimum absolute atomic E-state index is 0.294. The van der Waals surface area contributed by atoms with Crippen molar-refractivity contribution >= 4 is 33.2 Å². The minimum atomic E-state index is -4.77. The molecule has 0 radical (unpaired) electrons. The van der Waals surface area contributed by atoms with Crippen LogP contribution in [0.15, 0.2) is 36.4 Å². The number of sulfonamides is 1. The molecule has 0 spiro atoms. The van der Waals surface area contributed by atoms with Crippen LogP contribution in [0, 0.1) is 0 Å². The summed E-state index contributed by atoms with van der Waals surface area (Å²) in [6.45, 7) is 3.10. The molecule has 174 valence electrons. The Hall–Kier alpha value is -2.26. The molecule has 0 saturated carbocycles. The number of aryl methyl sites for hydroxylation is 2. The Bertz CT molecular complexity index is 1140.